The van der Waals surface area contributed by atoms with E-state index in [-0.39, 0.29) is 37.1 Å². The highest BCUT2D eigenvalue weighted by Gasteiger charge is 2.38. The van der Waals surface area contributed by atoms with Crippen LogP contribution in [0.1, 0.15) is 25.5 Å². The van der Waals surface area contributed by atoms with Crippen molar-refractivity contribution in [2.24, 2.45) is 0 Å². The summed E-state index contributed by atoms with van der Waals surface area (Å²) < 4.78 is 8.07. The molecule has 0 aromatic carbocycles. The summed E-state index contributed by atoms with van der Waals surface area (Å²) in [5, 5.41) is 19.6. The molecule has 2 aliphatic heterocycles. The van der Waals surface area contributed by atoms with Gasteiger partial charge in [-0.05, 0) is 12.8 Å². The number of fused-ring (bicyclic) bond motifs is 1. The molecule has 1 amide bonds. The first-order chi connectivity index (χ1) is 13.0. The standard InChI is InChI=1S/C16H22N6O5/c17-15-18-6-10-13(19-15)22(14-11(24)5-9(8-23)27-14)16(26)21(10)7-12(25)20-3-1-2-4-20/h6,9,11,14,23-24H,1-5,7-8H2,(H2,17,18,19)/t9-,11+,14+/m0/s1. The first-order valence-corrected chi connectivity index (χ1v) is 8.95. The number of anilines is 1. The minimum absolute atomic E-state index is 0.0366. The number of carbonyl (C=O) groups is 1. The molecule has 2 aromatic heterocycles. The molecule has 0 radical (unpaired) electrons. The Hall–Kier alpha value is -2.50. The van der Waals surface area contributed by atoms with Gasteiger partial charge in [-0.3, -0.25) is 9.36 Å². The van der Waals surface area contributed by atoms with Gasteiger partial charge in [0.15, 0.2) is 11.9 Å². The summed E-state index contributed by atoms with van der Waals surface area (Å²) >= 11 is 0. The lowest BCUT2D eigenvalue weighted by molar-refractivity contribution is -0.130. The number of nitrogens with two attached hydrogens (primary N) is 1. The van der Waals surface area contributed by atoms with Crippen LogP contribution < -0.4 is 11.4 Å². The smallest absolute Gasteiger partial charge is 0.333 e. The van der Waals surface area contributed by atoms with Crippen molar-refractivity contribution in [1.82, 2.24) is 24.0 Å². The van der Waals surface area contributed by atoms with Crippen molar-refractivity contribution in [2.75, 3.05) is 25.4 Å². The summed E-state index contributed by atoms with van der Waals surface area (Å²) in [6.07, 6.45) is 0.879. The van der Waals surface area contributed by atoms with Crippen LogP contribution in [0.15, 0.2) is 11.0 Å². The number of carbonyl (C=O) groups excluding carboxylic acids is 1. The van der Waals surface area contributed by atoms with Crippen molar-refractivity contribution in [2.45, 2.75) is 44.2 Å². The highest BCUT2D eigenvalue weighted by atomic mass is 16.5. The van der Waals surface area contributed by atoms with E-state index in [4.69, 9.17) is 10.5 Å². The van der Waals surface area contributed by atoms with E-state index in [1.54, 1.807) is 4.90 Å². The lowest BCUT2D eigenvalue weighted by Gasteiger charge is -2.16. The SMILES string of the molecule is Nc1ncc2c(n1)n([C@@H]1O[C@H](CO)C[C@H]1O)c(=O)n2CC(=O)N1CCCC1. The second kappa shape index (κ2) is 6.91. The molecule has 2 aliphatic rings. The average Bonchev–Trinajstić information content (AvgIpc) is 3.35. The molecule has 11 nitrogen and oxygen atoms in total. The van der Waals surface area contributed by atoms with Crippen LogP contribution in [0.25, 0.3) is 11.2 Å². The van der Waals surface area contributed by atoms with Crippen LogP contribution in [0.2, 0.25) is 0 Å². The third-order valence-electron chi connectivity index (χ3n) is 5.10. The number of amides is 1. The van der Waals surface area contributed by atoms with Gasteiger partial charge < -0.3 is 25.6 Å². The Balaban J connectivity index is 1.77. The van der Waals surface area contributed by atoms with Crippen molar-refractivity contribution >= 4 is 23.0 Å². The fraction of sp³-hybridized carbons (Fsp3) is 0.625. The zero-order chi connectivity index (χ0) is 19.1. The van der Waals surface area contributed by atoms with Gasteiger partial charge in [0.05, 0.1) is 18.9 Å². The van der Waals surface area contributed by atoms with Gasteiger partial charge in [-0.1, -0.05) is 0 Å². The van der Waals surface area contributed by atoms with E-state index in [0.29, 0.717) is 18.6 Å². The van der Waals surface area contributed by atoms with Gasteiger partial charge in [-0.25, -0.2) is 14.3 Å². The predicted octanol–water partition coefficient (Wildman–Crippen LogP) is -1.56. The first-order valence-electron chi connectivity index (χ1n) is 8.95. The molecule has 0 aliphatic carbocycles. The maximum atomic E-state index is 13.1. The number of aromatic nitrogens is 4. The molecule has 4 N–H and O–H groups in total. The van der Waals surface area contributed by atoms with Gasteiger partial charge in [0, 0.05) is 19.5 Å². The van der Waals surface area contributed by atoms with E-state index >= 15 is 0 Å². The van der Waals surface area contributed by atoms with Crippen LogP contribution >= 0.6 is 0 Å². The van der Waals surface area contributed by atoms with Crippen LogP contribution in [-0.2, 0) is 16.1 Å². The summed E-state index contributed by atoms with van der Waals surface area (Å²) in [5.41, 5.74) is 5.66. The quantitative estimate of drug-likeness (QED) is 0.578. The van der Waals surface area contributed by atoms with Crippen molar-refractivity contribution in [3.63, 3.8) is 0 Å². The highest BCUT2D eigenvalue weighted by Crippen LogP contribution is 2.30. The van der Waals surface area contributed by atoms with Gasteiger partial charge in [0.25, 0.3) is 0 Å². The van der Waals surface area contributed by atoms with Crippen molar-refractivity contribution in [3.8, 4) is 0 Å². The fourth-order valence-electron chi connectivity index (χ4n) is 3.73. The number of rotatable bonds is 4. The van der Waals surface area contributed by atoms with Gasteiger partial charge >= 0.3 is 5.69 Å². The van der Waals surface area contributed by atoms with Crippen LogP contribution in [0, 0.1) is 0 Å². The minimum atomic E-state index is -1.02. The van der Waals surface area contributed by atoms with Gasteiger partial charge in [0.1, 0.15) is 18.2 Å². The third-order valence-corrected chi connectivity index (χ3v) is 5.10. The summed E-state index contributed by atoms with van der Waals surface area (Å²) in [7, 11) is 0. The number of hydrogen-bond acceptors (Lipinski definition) is 8. The van der Waals surface area contributed by atoms with Crippen LogP contribution in [-0.4, -0.2) is 72.0 Å². The number of hydrogen-bond donors (Lipinski definition) is 3. The molecule has 2 aromatic rings. The molecule has 3 atom stereocenters. The monoisotopic (exact) mass is 378 g/mol. The zero-order valence-electron chi connectivity index (χ0n) is 14.7. The molecule has 4 heterocycles. The van der Waals surface area contributed by atoms with E-state index in [0.717, 1.165) is 12.8 Å². The van der Waals surface area contributed by atoms with Crippen LogP contribution in [0.4, 0.5) is 5.95 Å². The summed E-state index contributed by atoms with van der Waals surface area (Å²) in [5.74, 6) is -0.197. The van der Waals surface area contributed by atoms with E-state index in [2.05, 4.69) is 9.97 Å². The topological polar surface area (TPSA) is 149 Å². The van der Waals surface area contributed by atoms with E-state index < -0.39 is 24.1 Å². The lowest BCUT2D eigenvalue weighted by Crippen LogP contribution is -2.37. The molecule has 11 heteroatoms. The molecule has 0 unspecified atom stereocenters. The largest absolute Gasteiger partial charge is 0.394 e. The zero-order valence-corrected chi connectivity index (χ0v) is 14.7. The maximum absolute atomic E-state index is 13.1. The van der Waals surface area contributed by atoms with Crippen molar-refractivity contribution < 1.29 is 19.7 Å². The average molecular weight is 378 g/mol. The van der Waals surface area contributed by atoms with Crippen LogP contribution in [0.5, 0.6) is 0 Å². The Labute approximate surface area is 154 Å². The number of nitrogen functional groups attached to an aromatic ring is 1. The fourth-order valence-corrected chi connectivity index (χ4v) is 3.73. The Morgan fingerprint density at radius 1 is 1.37 bits per heavy atom. The lowest BCUT2D eigenvalue weighted by atomic mass is 10.2. The number of ether oxygens (including phenoxy) is 1. The Bertz CT molecular complexity index is 918. The molecular weight excluding hydrogens is 356 g/mol. The summed E-state index contributed by atoms with van der Waals surface area (Å²) in [6.45, 7) is 0.935. The molecule has 27 heavy (non-hydrogen) atoms. The number of imidazole rings is 1. The molecular formula is C16H22N6O5. The number of aliphatic hydroxyl groups is 2. The molecule has 146 valence electrons. The summed E-state index contributed by atoms with van der Waals surface area (Å²) in [4.78, 5) is 35.4. The normalized spacial score (nSPS) is 25.6. The molecule has 4 rings (SSSR count). The predicted molar refractivity (Wildman–Crippen MR) is 93.6 cm³/mol. The first kappa shape index (κ1) is 17.9. The van der Waals surface area contributed by atoms with Crippen molar-refractivity contribution in [1.29, 1.82) is 0 Å². The molecule has 2 saturated heterocycles. The number of aliphatic hydroxyl groups excluding tert-OH is 2. The molecule has 0 bridgehead atoms. The Morgan fingerprint density at radius 3 is 2.78 bits per heavy atom. The summed E-state index contributed by atoms with van der Waals surface area (Å²) in [6, 6.07) is 0. The molecule has 0 spiro atoms. The van der Waals surface area contributed by atoms with Gasteiger partial charge in [0.2, 0.25) is 11.9 Å². The Morgan fingerprint density at radius 2 is 2.11 bits per heavy atom. The van der Waals surface area contributed by atoms with Crippen LogP contribution in [0.3, 0.4) is 0 Å². The van der Waals surface area contributed by atoms with Gasteiger partial charge in [-0.15, -0.1) is 0 Å². The Kier molecular flexibility index (Phi) is 4.58. The highest BCUT2D eigenvalue weighted by molar-refractivity contribution is 5.79. The van der Waals surface area contributed by atoms with E-state index in [1.807, 2.05) is 0 Å². The second-order valence-electron chi connectivity index (χ2n) is 6.90. The molecule has 2 fully saturated rings. The van der Waals surface area contributed by atoms with Crippen molar-refractivity contribution in [3.05, 3.63) is 16.7 Å². The molecule has 0 saturated carbocycles. The number of likely N-dealkylation sites (tertiary alicyclic amines) is 1. The number of nitrogens with zero attached hydrogens (tertiary/aromatic N) is 5. The maximum Gasteiger partial charge on any atom is 0.333 e. The third kappa shape index (κ3) is 3.07. The minimum Gasteiger partial charge on any atom is -0.394 e. The van der Waals surface area contributed by atoms with E-state index in [1.165, 1.54) is 15.3 Å². The van der Waals surface area contributed by atoms with Gasteiger partial charge in [-0.2, -0.15) is 4.98 Å². The second-order valence-corrected chi connectivity index (χ2v) is 6.90. The van der Waals surface area contributed by atoms with E-state index in [9.17, 15) is 19.8 Å².